The Morgan fingerprint density at radius 2 is 1.87 bits per heavy atom. The summed E-state index contributed by atoms with van der Waals surface area (Å²) >= 11 is 0. The SMILES string of the molecule is CCOC(=O)C1=C2C=CC=C3C=CC=CC32NN=C1N1CCN(c2ncccn2)CC1. The van der Waals surface area contributed by atoms with E-state index in [0.717, 1.165) is 30.2 Å². The molecule has 31 heavy (non-hydrogen) atoms. The zero-order chi connectivity index (χ0) is 21.3. The fraction of sp³-hybridized carbons (Fsp3) is 0.304. The van der Waals surface area contributed by atoms with Crippen LogP contribution in [0.15, 0.2) is 82.8 Å². The number of esters is 1. The predicted molar refractivity (Wildman–Crippen MR) is 118 cm³/mol. The molecule has 2 aliphatic carbocycles. The van der Waals surface area contributed by atoms with Crippen LogP contribution in [0.2, 0.25) is 0 Å². The van der Waals surface area contributed by atoms with Crippen molar-refractivity contribution in [1.29, 1.82) is 0 Å². The van der Waals surface area contributed by atoms with E-state index >= 15 is 0 Å². The lowest BCUT2D eigenvalue weighted by molar-refractivity contribution is -0.138. The maximum atomic E-state index is 13.1. The lowest BCUT2D eigenvalue weighted by atomic mass is 9.74. The molecule has 0 aromatic carbocycles. The Morgan fingerprint density at radius 1 is 1.10 bits per heavy atom. The van der Waals surface area contributed by atoms with Crippen molar-refractivity contribution in [2.75, 3.05) is 37.7 Å². The number of hydrazone groups is 1. The van der Waals surface area contributed by atoms with E-state index in [-0.39, 0.29) is 5.97 Å². The lowest BCUT2D eigenvalue weighted by Gasteiger charge is -2.43. The van der Waals surface area contributed by atoms with Gasteiger partial charge in [0.1, 0.15) is 11.1 Å². The summed E-state index contributed by atoms with van der Waals surface area (Å²) in [7, 11) is 0. The number of carbonyl (C=O) groups excluding carboxylic acids is 1. The second kappa shape index (κ2) is 7.86. The van der Waals surface area contributed by atoms with Crippen LogP contribution in [-0.2, 0) is 9.53 Å². The molecule has 1 atom stereocenters. The van der Waals surface area contributed by atoms with Crippen molar-refractivity contribution in [3.05, 3.63) is 77.7 Å². The highest BCUT2D eigenvalue weighted by molar-refractivity contribution is 6.20. The minimum absolute atomic E-state index is 0.310. The average Bonchev–Trinajstić information content (AvgIpc) is 2.83. The van der Waals surface area contributed by atoms with Crippen LogP contribution in [0.1, 0.15) is 6.92 Å². The van der Waals surface area contributed by atoms with Crippen molar-refractivity contribution in [1.82, 2.24) is 20.3 Å². The molecule has 0 bridgehead atoms. The van der Waals surface area contributed by atoms with Gasteiger partial charge in [-0.05, 0) is 24.6 Å². The summed E-state index contributed by atoms with van der Waals surface area (Å²) in [5.41, 5.74) is 5.12. The molecule has 0 saturated carbocycles. The van der Waals surface area contributed by atoms with Crippen LogP contribution in [0.25, 0.3) is 0 Å². The molecule has 1 spiro atoms. The fourth-order valence-corrected chi connectivity index (χ4v) is 4.36. The Balaban J connectivity index is 1.46. The van der Waals surface area contributed by atoms with E-state index in [1.54, 1.807) is 12.4 Å². The second-order valence-electron chi connectivity index (χ2n) is 7.59. The van der Waals surface area contributed by atoms with Gasteiger partial charge in [0.2, 0.25) is 5.95 Å². The molecule has 0 radical (unpaired) electrons. The normalized spacial score (nSPS) is 24.2. The van der Waals surface area contributed by atoms with Crippen LogP contribution < -0.4 is 10.3 Å². The first-order valence-corrected chi connectivity index (χ1v) is 10.5. The molecule has 5 rings (SSSR count). The molecule has 3 heterocycles. The minimum Gasteiger partial charge on any atom is -0.462 e. The maximum Gasteiger partial charge on any atom is 0.342 e. The van der Waals surface area contributed by atoms with E-state index in [0.29, 0.717) is 31.1 Å². The number of nitrogens with one attached hydrogen (secondary N) is 1. The van der Waals surface area contributed by atoms with E-state index in [1.165, 1.54) is 0 Å². The largest absolute Gasteiger partial charge is 0.462 e. The summed E-state index contributed by atoms with van der Waals surface area (Å²) in [5.74, 6) is 0.999. The predicted octanol–water partition coefficient (Wildman–Crippen LogP) is 1.74. The highest BCUT2D eigenvalue weighted by Gasteiger charge is 2.44. The van der Waals surface area contributed by atoms with Gasteiger partial charge in [-0.15, -0.1) is 0 Å². The van der Waals surface area contributed by atoms with Crippen LogP contribution in [0.5, 0.6) is 0 Å². The standard InChI is InChI=1S/C23H24N6O2/c1-2-31-21(30)19-18-9-5-8-17-7-3-4-10-23(17,18)27-26-20(19)28-13-15-29(16-14-28)22-24-11-6-12-25-22/h3-12,27H,2,13-16H2,1H3. The smallest absolute Gasteiger partial charge is 0.342 e. The fourth-order valence-electron chi connectivity index (χ4n) is 4.36. The molecular weight excluding hydrogens is 392 g/mol. The zero-order valence-corrected chi connectivity index (χ0v) is 17.4. The third kappa shape index (κ3) is 3.24. The summed E-state index contributed by atoms with van der Waals surface area (Å²) in [6.07, 6.45) is 17.5. The van der Waals surface area contributed by atoms with Gasteiger partial charge in [-0.2, -0.15) is 5.10 Å². The number of carbonyl (C=O) groups is 1. The maximum absolute atomic E-state index is 13.1. The first-order chi connectivity index (χ1) is 15.2. The highest BCUT2D eigenvalue weighted by Crippen LogP contribution is 2.39. The molecule has 0 amide bonds. The number of hydrogen-bond donors (Lipinski definition) is 1. The topological polar surface area (TPSA) is 83.0 Å². The molecule has 158 valence electrons. The molecular formula is C23H24N6O2. The van der Waals surface area contributed by atoms with Gasteiger partial charge >= 0.3 is 5.97 Å². The van der Waals surface area contributed by atoms with E-state index < -0.39 is 5.54 Å². The van der Waals surface area contributed by atoms with Gasteiger partial charge < -0.3 is 14.5 Å². The number of anilines is 1. The summed E-state index contributed by atoms with van der Waals surface area (Å²) in [4.78, 5) is 26.1. The van der Waals surface area contributed by atoms with Crippen molar-refractivity contribution >= 4 is 17.8 Å². The number of allylic oxidation sites excluding steroid dienone is 4. The summed E-state index contributed by atoms with van der Waals surface area (Å²) < 4.78 is 5.46. The highest BCUT2D eigenvalue weighted by atomic mass is 16.5. The summed E-state index contributed by atoms with van der Waals surface area (Å²) in [5, 5.41) is 4.72. The van der Waals surface area contributed by atoms with Gasteiger partial charge in [0.25, 0.3) is 0 Å². The minimum atomic E-state index is -0.644. The number of piperazine rings is 1. The number of rotatable bonds is 3. The van der Waals surface area contributed by atoms with Gasteiger partial charge in [-0.25, -0.2) is 14.8 Å². The lowest BCUT2D eigenvalue weighted by Crippen LogP contribution is -2.56. The van der Waals surface area contributed by atoms with Crippen LogP contribution in [0, 0.1) is 0 Å². The van der Waals surface area contributed by atoms with Gasteiger partial charge in [0, 0.05) is 44.1 Å². The van der Waals surface area contributed by atoms with Crippen molar-refractivity contribution in [2.45, 2.75) is 12.5 Å². The first kappa shape index (κ1) is 19.3. The third-order valence-corrected chi connectivity index (χ3v) is 5.88. The Hall–Kier alpha value is -3.68. The molecule has 2 aliphatic heterocycles. The Labute approximate surface area is 181 Å². The first-order valence-electron chi connectivity index (χ1n) is 10.5. The van der Waals surface area contributed by atoms with Crippen LogP contribution in [0.3, 0.4) is 0 Å². The molecule has 1 unspecified atom stereocenters. The quantitative estimate of drug-likeness (QED) is 0.752. The number of aromatic nitrogens is 2. The van der Waals surface area contributed by atoms with E-state index in [4.69, 9.17) is 9.84 Å². The van der Waals surface area contributed by atoms with Crippen molar-refractivity contribution < 1.29 is 9.53 Å². The Kier molecular flexibility index (Phi) is 4.89. The van der Waals surface area contributed by atoms with Gasteiger partial charge in [-0.3, -0.25) is 5.43 Å². The monoisotopic (exact) mass is 416 g/mol. The van der Waals surface area contributed by atoms with Gasteiger partial charge in [-0.1, -0.05) is 36.5 Å². The molecule has 1 saturated heterocycles. The Bertz CT molecular complexity index is 1060. The van der Waals surface area contributed by atoms with E-state index in [1.807, 2.05) is 55.5 Å². The summed E-state index contributed by atoms with van der Waals surface area (Å²) in [6, 6.07) is 1.81. The van der Waals surface area contributed by atoms with Crippen LogP contribution in [0.4, 0.5) is 5.95 Å². The van der Waals surface area contributed by atoms with Crippen LogP contribution >= 0.6 is 0 Å². The summed E-state index contributed by atoms with van der Waals surface area (Å²) in [6.45, 7) is 5.01. The molecule has 8 nitrogen and oxygen atoms in total. The van der Waals surface area contributed by atoms with Crippen molar-refractivity contribution in [3.63, 3.8) is 0 Å². The molecule has 8 heteroatoms. The van der Waals surface area contributed by atoms with Crippen molar-refractivity contribution in [3.8, 4) is 0 Å². The second-order valence-corrected chi connectivity index (χ2v) is 7.59. The molecule has 1 N–H and O–H groups in total. The third-order valence-electron chi connectivity index (χ3n) is 5.88. The Morgan fingerprint density at radius 3 is 2.65 bits per heavy atom. The molecule has 1 aromatic rings. The van der Waals surface area contributed by atoms with Crippen molar-refractivity contribution in [2.24, 2.45) is 5.10 Å². The van der Waals surface area contributed by atoms with Gasteiger partial charge in [0.15, 0.2) is 5.84 Å². The van der Waals surface area contributed by atoms with E-state index in [9.17, 15) is 4.79 Å². The molecule has 1 aromatic heterocycles. The number of hydrogen-bond acceptors (Lipinski definition) is 8. The zero-order valence-electron chi connectivity index (χ0n) is 17.4. The van der Waals surface area contributed by atoms with Crippen LogP contribution in [-0.4, -0.2) is 65.0 Å². The molecule has 4 aliphatic rings. The average molecular weight is 416 g/mol. The van der Waals surface area contributed by atoms with E-state index in [2.05, 4.69) is 25.2 Å². The van der Waals surface area contributed by atoms with Gasteiger partial charge in [0.05, 0.1) is 6.61 Å². The number of amidine groups is 1. The molecule has 1 fully saturated rings. The number of nitrogens with zero attached hydrogens (tertiary/aromatic N) is 5. The number of ether oxygens (including phenoxy) is 1.